The Hall–Kier alpha value is -2.08. The molecule has 0 aromatic heterocycles. The Balaban J connectivity index is 2.75. The molecule has 0 radical (unpaired) electrons. The first-order valence-corrected chi connectivity index (χ1v) is 4.82. The van der Waals surface area contributed by atoms with Crippen LogP contribution in [0, 0.1) is 0 Å². The van der Waals surface area contributed by atoms with E-state index in [0.29, 0.717) is 5.75 Å². The van der Waals surface area contributed by atoms with Crippen molar-refractivity contribution in [2.24, 2.45) is 0 Å². The Morgan fingerprint density at radius 1 is 1.12 bits per heavy atom. The van der Waals surface area contributed by atoms with Crippen LogP contribution >= 0.6 is 0 Å². The third kappa shape index (κ3) is 3.46. The van der Waals surface area contributed by atoms with Crippen LogP contribution in [0.5, 0.6) is 5.75 Å². The number of aliphatic hydroxyl groups excluding tert-OH is 1. The summed E-state index contributed by atoms with van der Waals surface area (Å²) in [5.41, 5.74) is 0.202. The molecule has 0 heterocycles. The van der Waals surface area contributed by atoms with Crippen molar-refractivity contribution in [3.05, 3.63) is 29.8 Å². The zero-order valence-electron chi connectivity index (χ0n) is 9.03. The molecule has 17 heavy (non-hydrogen) atoms. The molecular formula is C11H12O6. The molecule has 0 amide bonds. The van der Waals surface area contributed by atoms with Gasteiger partial charge in [0.25, 0.3) is 0 Å². The van der Waals surface area contributed by atoms with Crippen molar-refractivity contribution in [3.63, 3.8) is 0 Å². The van der Waals surface area contributed by atoms with E-state index >= 15 is 0 Å². The van der Waals surface area contributed by atoms with Crippen molar-refractivity contribution in [1.82, 2.24) is 0 Å². The largest absolute Gasteiger partial charge is 0.479 e. The predicted octanol–water partition coefficient (Wildman–Crippen LogP) is 0.656. The minimum absolute atomic E-state index is 0.202. The highest BCUT2D eigenvalue weighted by Gasteiger charge is 2.16. The maximum Gasteiger partial charge on any atom is 0.344 e. The van der Waals surface area contributed by atoms with Gasteiger partial charge in [-0.15, -0.1) is 0 Å². The van der Waals surface area contributed by atoms with Crippen LogP contribution in [0.25, 0.3) is 0 Å². The summed E-state index contributed by atoms with van der Waals surface area (Å²) >= 11 is 0. The third-order valence-corrected chi connectivity index (χ3v) is 2.09. The summed E-state index contributed by atoms with van der Waals surface area (Å²) in [6, 6.07) is 5.53. The lowest BCUT2D eigenvalue weighted by Crippen LogP contribution is -2.22. The van der Waals surface area contributed by atoms with Crippen molar-refractivity contribution in [3.8, 4) is 5.75 Å². The average molecular weight is 240 g/mol. The van der Waals surface area contributed by atoms with Crippen molar-refractivity contribution < 1.29 is 29.6 Å². The van der Waals surface area contributed by atoms with Crippen LogP contribution in [0.4, 0.5) is 0 Å². The highest BCUT2D eigenvalue weighted by Crippen LogP contribution is 2.18. The van der Waals surface area contributed by atoms with Crippen LogP contribution in [0.3, 0.4) is 0 Å². The second kappa shape index (κ2) is 5.31. The third-order valence-electron chi connectivity index (χ3n) is 2.09. The molecule has 0 saturated heterocycles. The monoisotopic (exact) mass is 240 g/mol. The van der Waals surface area contributed by atoms with E-state index in [9.17, 15) is 14.7 Å². The summed E-state index contributed by atoms with van der Waals surface area (Å²) in [6.07, 6.45) is -2.59. The van der Waals surface area contributed by atoms with Crippen LogP contribution in [0.15, 0.2) is 24.3 Å². The molecule has 1 aromatic rings. The van der Waals surface area contributed by atoms with Gasteiger partial charge in [-0.05, 0) is 24.6 Å². The summed E-state index contributed by atoms with van der Waals surface area (Å²) in [5, 5.41) is 26.4. The quantitative estimate of drug-likeness (QED) is 0.698. The SMILES string of the molecule is CC(Oc1ccc(C(O)C(=O)O)cc1)C(=O)O. The van der Waals surface area contributed by atoms with Gasteiger partial charge in [-0.25, -0.2) is 9.59 Å². The smallest absolute Gasteiger partial charge is 0.344 e. The molecule has 3 N–H and O–H groups in total. The molecule has 6 nitrogen and oxygen atoms in total. The van der Waals surface area contributed by atoms with Crippen LogP contribution in [-0.2, 0) is 9.59 Å². The van der Waals surface area contributed by atoms with Gasteiger partial charge in [0, 0.05) is 0 Å². The second-order valence-corrected chi connectivity index (χ2v) is 3.41. The lowest BCUT2D eigenvalue weighted by atomic mass is 10.1. The molecule has 1 rings (SSSR count). The van der Waals surface area contributed by atoms with E-state index in [1.165, 1.54) is 31.2 Å². The molecule has 1 aromatic carbocycles. The summed E-state index contributed by atoms with van der Waals surface area (Å²) < 4.78 is 5.04. The average Bonchev–Trinajstić information content (AvgIpc) is 2.28. The highest BCUT2D eigenvalue weighted by molar-refractivity contribution is 5.74. The molecule has 0 spiro atoms. The molecular weight excluding hydrogens is 228 g/mol. The Bertz CT molecular complexity index is 410. The summed E-state index contributed by atoms with van der Waals surface area (Å²) in [4.78, 5) is 21.0. The van der Waals surface area contributed by atoms with E-state index < -0.39 is 24.1 Å². The molecule has 0 saturated carbocycles. The van der Waals surface area contributed by atoms with E-state index in [1.807, 2.05) is 0 Å². The standard InChI is InChI=1S/C11H12O6/c1-6(10(13)14)17-8-4-2-7(3-5-8)9(12)11(15)16/h2-6,9,12H,1H3,(H,13,14)(H,15,16). The number of ether oxygens (including phenoxy) is 1. The van der Waals surface area contributed by atoms with Gasteiger partial charge in [0.15, 0.2) is 12.2 Å². The normalized spacial score (nSPS) is 13.8. The van der Waals surface area contributed by atoms with Crippen molar-refractivity contribution in [2.75, 3.05) is 0 Å². The fraction of sp³-hybridized carbons (Fsp3) is 0.273. The van der Waals surface area contributed by atoms with Crippen molar-refractivity contribution in [2.45, 2.75) is 19.1 Å². The van der Waals surface area contributed by atoms with Gasteiger partial charge < -0.3 is 20.1 Å². The van der Waals surface area contributed by atoms with Gasteiger partial charge >= 0.3 is 11.9 Å². The van der Waals surface area contributed by atoms with Gasteiger partial charge in [0.05, 0.1) is 0 Å². The number of carboxylic acid groups (broad SMARTS) is 2. The number of aliphatic carboxylic acids is 2. The molecule has 6 heteroatoms. The maximum absolute atomic E-state index is 10.5. The van der Waals surface area contributed by atoms with E-state index in [4.69, 9.17) is 14.9 Å². The number of carbonyl (C=O) groups is 2. The van der Waals surface area contributed by atoms with Crippen LogP contribution < -0.4 is 4.74 Å². The molecule has 0 aliphatic heterocycles. The number of carboxylic acids is 2. The number of aliphatic hydroxyl groups is 1. The first-order valence-electron chi connectivity index (χ1n) is 4.82. The van der Waals surface area contributed by atoms with Gasteiger partial charge in [-0.2, -0.15) is 0 Å². The van der Waals surface area contributed by atoms with Gasteiger partial charge in [-0.3, -0.25) is 0 Å². The Labute approximate surface area is 97.1 Å². The highest BCUT2D eigenvalue weighted by atomic mass is 16.5. The molecule has 0 fully saturated rings. The van der Waals surface area contributed by atoms with Gasteiger partial charge in [0.2, 0.25) is 0 Å². The molecule has 0 aliphatic rings. The van der Waals surface area contributed by atoms with E-state index in [-0.39, 0.29) is 5.56 Å². The lowest BCUT2D eigenvalue weighted by molar-refractivity contribution is -0.147. The fourth-order valence-corrected chi connectivity index (χ4v) is 1.13. The lowest BCUT2D eigenvalue weighted by Gasteiger charge is -2.11. The summed E-state index contributed by atoms with van der Waals surface area (Å²) in [6.45, 7) is 1.38. The Kier molecular flexibility index (Phi) is 4.06. The second-order valence-electron chi connectivity index (χ2n) is 3.41. The minimum Gasteiger partial charge on any atom is -0.479 e. The van der Waals surface area contributed by atoms with E-state index in [2.05, 4.69) is 0 Å². The first kappa shape index (κ1) is 13.0. The Morgan fingerprint density at radius 2 is 1.65 bits per heavy atom. The van der Waals surface area contributed by atoms with Crippen LogP contribution in [-0.4, -0.2) is 33.4 Å². The molecule has 0 bridgehead atoms. The minimum atomic E-state index is -1.60. The molecule has 0 aliphatic carbocycles. The topological polar surface area (TPSA) is 104 Å². The molecule has 2 unspecified atom stereocenters. The van der Waals surface area contributed by atoms with Crippen molar-refractivity contribution in [1.29, 1.82) is 0 Å². The Morgan fingerprint density at radius 3 is 2.06 bits per heavy atom. The maximum atomic E-state index is 10.5. The zero-order valence-corrected chi connectivity index (χ0v) is 9.03. The fourth-order valence-electron chi connectivity index (χ4n) is 1.13. The van der Waals surface area contributed by atoms with E-state index in [1.54, 1.807) is 0 Å². The van der Waals surface area contributed by atoms with Crippen LogP contribution in [0.2, 0.25) is 0 Å². The van der Waals surface area contributed by atoms with Gasteiger partial charge in [0.1, 0.15) is 5.75 Å². The first-order chi connectivity index (χ1) is 7.91. The zero-order chi connectivity index (χ0) is 13.0. The molecule has 2 atom stereocenters. The van der Waals surface area contributed by atoms with Gasteiger partial charge in [-0.1, -0.05) is 12.1 Å². The molecule has 92 valence electrons. The number of hydrogen-bond acceptors (Lipinski definition) is 4. The predicted molar refractivity (Wildman–Crippen MR) is 56.8 cm³/mol. The van der Waals surface area contributed by atoms with Crippen molar-refractivity contribution >= 4 is 11.9 Å². The summed E-state index contributed by atoms with van der Waals surface area (Å²) in [7, 11) is 0. The van der Waals surface area contributed by atoms with Crippen LogP contribution in [0.1, 0.15) is 18.6 Å². The van der Waals surface area contributed by atoms with E-state index in [0.717, 1.165) is 0 Å². The number of hydrogen-bond donors (Lipinski definition) is 3. The number of rotatable bonds is 5. The summed E-state index contributed by atoms with van der Waals surface area (Å²) in [5.74, 6) is -2.15. The number of benzene rings is 1.